The number of aldehydes is 1. The van der Waals surface area contributed by atoms with Crippen LogP contribution in [0.3, 0.4) is 0 Å². The minimum absolute atomic E-state index is 0.0206. The first kappa shape index (κ1) is 10.2. The quantitative estimate of drug-likeness (QED) is 0.640. The van der Waals surface area contributed by atoms with E-state index in [1.807, 2.05) is 0 Å². The molecule has 80 valence electrons. The Balaban J connectivity index is 2.17. The van der Waals surface area contributed by atoms with Gasteiger partial charge in [-0.3, -0.25) is 0 Å². The standard InChI is InChI=1S/C12H21NO/c1-12(8-14)10-5-4-9(6-10)11(12)7-13(2)3/h8-11H,4-7H2,1-3H3. The number of rotatable bonds is 3. The molecule has 2 fully saturated rings. The van der Waals surface area contributed by atoms with Crippen LogP contribution in [-0.2, 0) is 4.79 Å². The van der Waals surface area contributed by atoms with Crippen molar-refractivity contribution in [1.82, 2.24) is 4.90 Å². The molecule has 2 saturated carbocycles. The van der Waals surface area contributed by atoms with Gasteiger partial charge >= 0.3 is 0 Å². The molecule has 2 rings (SSSR count). The van der Waals surface area contributed by atoms with E-state index in [0.717, 1.165) is 12.5 Å². The van der Waals surface area contributed by atoms with Crippen LogP contribution in [0.1, 0.15) is 26.2 Å². The Morgan fingerprint density at radius 1 is 1.43 bits per heavy atom. The highest BCUT2D eigenvalue weighted by Crippen LogP contribution is 2.58. The highest BCUT2D eigenvalue weighted by Gasteiger charge is 2.55. The first-order chi connectivity index (χ1) is 6.58. The maximum absolute atomic E-state index is 11.3. The monoisotopic (exact) mass is 195 g/mol. The zero-order valence-electron chi connectivity index (χ0n) is 9.49. The van der Waals surface area contributed by atoms with Crippen LogP contribution in [0.4, 0.5) is 0 Å². The maximum Gasteiger partial charge on any atom is 0.126 e. The van der Waals surface area contributed by atoms with E-state index in [2.05, 4.69) is 25.9 Å². The maximum atomic E-state index is 11.3. The van der Waals surface area contributed by atoms with Crippen LogP contribution in [-0.4, -0.2) is 31.8 Å². The number of hydrogen-bond donors (Lipinski definition) is 0. The van der Waals surface area contributed by atoms with Crippen LogP contribution in [0.15, 0.2) is 0 Å². The second kappa shape index (κ2) is 3.34. The number of fused-ring (bicyclic) bond motifs is 2. The second-order valence-corrected chi connectivity index (χ2v) is 5.62. The van der Waals surface area contributed by atoms with Crippen LogP contribution in [0.5, 0.6) is 0 Å². The fraction of sp³-hybridized carbons (Fsp3) is 0.917. The van der Waals surface area contributed by atoms with E-state index in [-0.39, 0.29) is 5.41 Å². The molecular weight excluding hydrogens is 174 g/mol. The van der Waals surface area contributed by atoms with E-state index in [4.69, 9.17) is 0 Å². The summed E-state index contributed by atoms with van der Waals surface area (Å²) in [4.78, 5) is 13.5. The summed E-state index contributed by atoms with van der Waals surface area (Å²) in [5.74, 6) is 2.10. The minimum Gasteiger partial charge on any atom is -0.309 e. The van der Waals surface area contributed by atoms with Gasteiger partial charge in [-0.05, 0) is 51.1 Å². The van der Waals surface area contributed by atoms with Gasteiger partial charge < -0.3 is 9.69 Å². The van der Waals surface area contributed by atoms with Gasteiger partial charge in [0.25, 0.3) is 0 Å². The van der Waals surface area contributed by atoms with Gasteiger partial charge in [-0.1, -0.05) is 6.92 Å². The molecule has 0 N–H and O–H groups in total. The lowest BCUT2D eigenvalue weighted by atomic mass is 9.68. The molecule has 14 heavy (non-hydrogen) atoms. The summed E-state index contributed by atoms with van der Waals surface area (Å²) in [6, 6.07) is 0. The average molecular weight is 195 g/mol. The molecule has 0 spiro atoms. The van der Waals surface area contributed by atoms with Crippen LogP contribution in [0.2, 0.25) is 0 Å². The van der Waals surface area contributed by atoms with Gasteiger partial charge in [0.2, 0.25) is 0 Å². The SMILES string of the molecule is CN(C)CC1C2CCC(C2)C1(C)C=O. The van der Waals surface area contributed by atoms with Crippen molar-refractivity contribution in [2.45, 2.75) is 26.2 Å². The van der Waals surface area contributed by atoms with Crippen LogP contribution < -0.4 is 0 Å². The van der Waals surface area contributed by atoms with Gasteiger partial charge in [0.05, 0.1) is 0 Å². The Kier molecular flexibility index (Phi) is 2.42. The summed E-state index contributed by atoms with van der Waals surface area (Å²) in [5, 5.41) is 0. The molecule has 2 bridgehead atoms. The van der Waals surface area contributed by atoms with Crippen LogP contribution in [0.25, 0.3) is 0 Å². The number of carbonyl (C=O) groups is 1. The molecule has 4 unspecified atom stereocenters. The van der Waals surface area contributed by atoms with Crippen molar-refractivity contribution in [3.63, 3.8) is 0 Å². The lowest BCUT2D eigenvalue weighted by molar-refractivity contribution is -0.121. The molecule has 0 aliphatic heterocycles. The van der Waals surface area contributed by atoms with Crippen molar-refractivity contribution in [2.24, 2.45) is 23.2 Å². The summed E-state index contributed by atoms with van der Waals surface area (Å²) in [6.07, 6.45) is 5.18. The van der Waals surface area contributed by atoms with E-state index < -0.39 is 0 Å². The summed E-state index contributed by atoms with van der Waals surface area (Å²) in [6.45, 7) is 3.26. The predicted octanol–water partition coefficient (Wildman–Crippen LogP) is 1.80. The third-order valence-corrected chi connectivity index (χ3v) is 4.54. The third-order valence-electron chi connectivity index (χ3n) is 4.54. The summed E-state index contributed by atoms with van der Waals surface area (Å²) in [5.41, 5.74) is -0.0206. The molecule has 2 aliphatic carbocycles. The smallest absolute Gasteiger partial charge is 0.126 e. The Labute approximate surface area is 86.7 Å². The van der Waals surface area contributed by atoms with E-state index in [1.165, 1.54) is 25.5 Å². The summed E-state index contributed by atoms with van der Waals surface area (Å²) >= 11 is 0. The molecule has 0 heterocycles. The Morgan fingerprint density at radius 2 is 2.14 bits per heavy atom. The average Bonchev–Trinajstić information content (AvgIpc) is 2.68. The molecule has 0 saturated heterocycles. The Morgan fingerprint density at radius 3 is 2.71 bits per heavy atom. The molecule has 0 radical (unpaired) electrons. The molecule has 2 heteroatoms. The zero-order valence-corrected chi connectivity index (χ0v) is 9.49. The van der Waals surface area contributed by atoms with Crippen molar-refractivity contribution >= 4 is 6.29 Å². The largest absolute Gasteiger partial charge is 0.309 e. The molecule has 2 nitrogen and oxygen atoms in total. The summed E-state index contributed by atoms with van der Waals surface area (Å²) in [7, 11) is 4.22. The van der Waals surface area contributed by atoms with Gasteiger partial charge in [0.1, 0.15) is 6.29 Å². The molecule has 4 atom stereocenters. The van der Waals surface area contributed by atoms with Gasteiger partial charge in [-0.2, -0.15) is 0 Å². The number of carbonyl (C=O) groups excluding carboxylic acids is 1. The third kappa shape index (κ3) is 1.31. The molecule has 0 amide bonds. The van der Waals surface area contributed by atoms with Crippen LogP contribution in [0, 0.1) is 23.2 Å². The van der Waals surface area contributed by atoms with E-state index in [1.54, 1.807) is 0 Å². The van der Waals surface area contributed by atoms with E-state index in [9.17, 15) is 4.79 Å². The minimum atomic E-state index is -0.0206. The first-order valence-corrected chi connectivity index (χ1v) is 5.69. The molecule has 2 aliphatic rings. The summed E-state index contributed by atoms with van der Waals surface area (Å²) < 4.78 is 0. The predicted molar refractivity (Wildman–Crippen MR) is 57.0 cm³/mol. The number of nitrogens with zero attached hydrogens (tertiary/aromatic N) is 1. The van der Waals surface area contributed by atoms with Crippen molar-refractivity contribution in [2.75, 3.05) is 20.6 Å². The first-order valence-electron chi connectivity index (χ1n) is 5.69. The lowest BCUT2D eigenvalue weighted by Crippen LogP contribution is -2.40. The van der Waals surface area contributed by atoms with Gasteiger partial charge in [-0.25, -0.2) is 0 Å². The van der Waals surface area contributed by atoms with Crippen molar-refractivity contribution in [1.29, 1.82) is 0 Å². The van der Waals surface area contributed by atoms with Gasteiger partial charge in [0, 0.05) is 12.0 Å². The van der Waals surface area contributed by atoms with Crippen molar-refractivity contribution < 1.29 is 4.79 Å². The molecular formula is C12H21NO. The number of hydrogen-bond acceptors (Lipinski definition) is 2. The Bertz CT molecular complexity index is 238. The highest BCUT2D eigenvalue weighted by atomic mass is 16.1. The van der Waals surface area contributed by atoms with E-state index in [0.29, 0.717) is 11.8 Å². The Hall–Kier alpha value is -0.370. The topological polar surface area (TPSA) is 20.3 Å². The van der Waals surface area contributed by atoms with Gasteiger partial charge in [0.15, 0.2) is 0 Å². The van der Waals surface area contributed by atoms with Crippen molar-refractivity contribution in [3.8, 4) is 0 Å². The lowest BCUT2D eigenvalue weighted by Gasteiger charge is -2.38. The molecule has 0 aromatic carbocycles. The highest BCUT2D eigenvalue weighted by molar-refractivity contribution is 5.61. The molecule has 0 aromatic heterocycles. The van der Waals surface area contributed by atoms with Crippen LogP contribution >= 0.6 is 0 Å². The van der Waals surface area contributed by atoms with Gasteiger partial charge in [-0.15, -0.1) is 0 Å². The normalized spacial score (nSPS) is 46.1. The zero-order chi connectivity index (χ0) is 10.3. The fourth-order valence-electron chi connectivity index (χ4n) is 3.68. The van der Waals surface area contributed by atoms with E-state index >= 15 is 0 Å². The molecule has 0 aromatic rings. The second-order valence-electron chi connectivity index (χ2n) is 5.62. The fourth-order valence-corrected chi connectivity index (χ4v) is 3.68. The van der Waals surface area contributed by atoms with Crippen molar-refractivity contribution in [3.05, 3.63) is 0 Å².